The Kier molecular flexibility index (Phi) is 4.77. The van der Waals surface area contributed by atoms with Crippen molar-refractivity contribution in [2.24, 2.45) is 7.05 Å². The number of aryl methyl sites for hydroxylation is 1. The maximum Gasteiger partial charge on any atom is 0.160 e. The van der Waals surface area contributed by atoms with Gasteiger partial charge in [-0.2, -0.15) is 5.26 Å². The summed E-state index contributed by atoms with van der Waals surface area (Å²) in [5.41, 5.74) is 2.26. The fraction of sp³-hybridized carbons (Fsp3) is 0.333. The highest BCUT2D eigenvalue weighted by atomic mass is 19.1. The van der Waals surface area contributed by atoms with Crippen LogP contribution in [0.3, 0.4) is 0 Å². The molecule has 0 amide bonds. The molecule has 154 valence electrons. The monoisotopic (exact) mass is 405 g/mol. The number of hydrogen-bond donors (Lipinski definition) is 0. The van der Waals surface area contributed by atoms with Crippen LogP contribution in [0.5, 0.6) is 5.75 Å². The van der Waals surface area contributed by atoms with E-state index < -0.39 is 5.41 Å². The van der Waals surface area contributed by atoms with E-state index in [1.54, 1.807) is 19.4 Å². The number of halogens is 1. The van der Waals surface area contributed by atoms with Crippen LogP contribution in [0.4, 0.5) is 4.39 Å². The average molecular weight is 405 g/mol. The molecular formula is C24H24FN3O2. The Morgan fingerprint density at radius 3 is 2.73 bits per heavy atom. The Labute approximate surface area is 174 Å². The first-order valence-electron chi connectivity index (χ1n) is 9.88. The first-order valence-corrected chi connectivity index (χ1v) is 9.88. The van der Waals surface area contributed by atoms with Gasteiger partial charge >= 0.3 is 0 Å². The van der Waals surface area contributed by atoms with Crippen LogP contribution in [0.25, 0.3) is 21.8 Å². The maximum absolute atomic E-state index is 14.2. The number of ketones is 1. The Hall–Kier alpha value is -3.33. The number of benzene rings is 2. The first kappa shape index (κ1) is 20.0. The van der Waals surface area contributed by atoms with Gasteiger partial charge in [-0.1, -0.05) is 6.07 Å². The van der Waals surface area contributed by atoms with E-state index in [1.807, 2.05) is 42.7 Å². The van der Waals surface area contributed by atoms with Gasteiger partial charge in [0.2, 0.25) is 0 Å². The second kappa shape index (κ2) is 7.17. The summed E-state index contributed by atoms with van der Waals surface area (Å²) in [6.45, 7) is 0. The molecule has 3 aromatic rings. The molecule has 1 heterocycles. The minimum Gasteiger partial charge on any atom is -0.495 e. The smallest absolute Gasteiger partial charge is 0.160 e. The summed E-state index contributed by atoms with van der Waals surface area (Å²) in [5.74, 6) is 0.405. The van der Waals surface area contributed by atoms with Crippen molar-refractivity contribution in [3.05, 3.63) is 53.5 Å². The lowest BCUT2D eigenvalue weighted by Crippen LogP contribution is -2.33. The van der Waals surface area contributed by atoms with Crippen molar-refractivity contribution in [2.45, 2.75) is 24.7 Å². The number of hydrogen-bond acceptors (Lipinski definition) is 4. The molecule has 0 N–H and O–H groups in total. The van der Waals surface area contributed by atoms with E-state index in [9.17, 15) is 14.4 Å². The van der Waals surface area contributed by atoms with Crippen LogP contribution in [-0.4, -0.2) is 36.5 Å². The molecule has 0 aliphatic heterocycles. The number of rotatable bonds is 3. The number of allylic oxidation sites excluding steroid dienone is 1. The number of ether oxygens (including phenoxy) is 1. The molecule has 1 saturated carbocycles. The summed E-state index contributed by atoms with van der Waals surface area (Å²) in [4.78, 5) is 14.3. The molecular weight excluding hydrogens is 381 g/mol. The summed E-state index contributed by atoms with van der Waals surface area (Å²) in [5, 5.41) is 11.9. The SMILES string of the molecule is COc1ccc(C2(C#N)CCC(=O)C(=CN(C)C)C2)c2c3cc(F)ccc3n(C)c12. The van der Waals surface area contributed by atoms with Crippen molar-refractivity contribution in [1.29, 1.82) is 5.26 Å². The maximum atomic E-state index is 14.2. The molecule has 2 aromatic carbocycles. The molecule has 6 heteroatoms. The molecule has 1 aliphatic carbocycles. The number of carbonyl (C=O) groups is 1. The van der Waals surface area contributed by atoms with Crippen LogP contribution < -0.4 is 4.74 Å². The Balaban J connectivity index is 2.06. The number of aromatic nitrogens is 1. The zero-order chi connectivity index (χ0) is 21.6. The lowest BCUT2D eigenvalue weighted by Gasteiger charge is -2.33. The van der Waals surface area contributed by atoms with Gasteiger partial charge in [0.1, 0.15) is 11.6 Å². The molecule has 0 bridgehead atoms. The summed E-state index contributed by atoms with van der Waals surface area (Å²) in [7, 11) is 7.24. The third kappa shape index (κ3) is 2.93. The van der Waals surface area contributed by atoms with E-state index in [-0.39, 0.29) is 11.6 Å². The van der Waals surface area contributed by atoms with E-state index in [0.717, 1.165) is 27.4 Å². The van der Waals surface area contributed by atoms with Crippen molar-refractivity contribution >= 4 is 27.6 Å². The van der Waals surface area contributed by atoms with Gasteiger partial charge in [-0.15, -0.1) is 0 Å². The lowest BCUT2D eigenvalue weighted by molar-refractivity contribution is -0.117. The van der Waals surface area contributed by atoms with Gasteiger partial charge in [0.05, 0.1) is 24.1 Å². The molecule has 0 spiro atoms. The van der Waals surface area contributed by atoms with Crippen molar-refractivity contribution in [3.8, 4) is 11.8 Å². The third-order valence-electron chi connectivity index (χ3n) is 6.06. The van der Waals surface area contributed by atoms with E-state index >= 15 is 0 Å². The second-order valence-corrected chi connectivity index (χ2v) is 8.17. The molecule has 30 heavy (non-hydrogen) atoms. The van der Waals surface area contributed by atoms with Crippen LogP contribution in [0.1, 0.15) is 24.8 Å². The zero-order valence-electron chi connectivity index (χ0n) is 17.6. The molecule has 5 nitrogen and oxygen atoms in total. The Bertz CT molecular complexity index is 1250. The van der Waals surface area contributed by atoms with Gasteiger partial charge in [-0.25, -0.2) is 4.39 Å². The number of nitriles is 1. The highest BCUT2D eigenvalue weighted by molar-refractivity contribution is 6.12. The van der Waals surface area contributed by atoms with Gasteiger partial charge in [-0.05, 0) is 36.2 Å². The van der Waals surface area contributed by atoms with Crippen molar-refractivity contribution in [2.75, 3.05) is 21.2 Å². The highest BCUT2D eigenvalue weighted by Gasteiger charge is 2.41. The number of methoxy groups -OCH3 is 1. The molecule has 1 atom stereocenters. The minimum absolute atomic E-state index is 0.0725. The van der Waals surface area contributed by atoms with E-state index in [2.05, 4.69) is 6.07 Å². The summed E-state index contributed by atoms with van der Waals surface area (Å²) >= 11 is 0. The van der Waals surface area contributed by atoms with E-state index in [4.69, 9.17) is 4.74 Å². The second-order valence-electron chi connectivity index (χ2n) is 8.17. The molecule has 1 aromatic heterocycles. The van der Waals surface area contributed by atoms with Gasteiger partial charge in [0.15, 0.2) is 5.78 Å². The summed E-state index contributed by atoms with van der Waals surface area (Å²) in [6, 6.07) is 11.0. The van der Waals surface area contributed by atoms with Crippen LogP contribution in [0.2, 0.25) is 0 Å². The molecule has 1 fully saturated rings. The normalized spacial score (nSPS) is 20.7. The Morgan fingerprint density at radius 2 is 2.07 bits per heavy atom. The van der Waals surface area contributed by atoms with Crippen LogP contribution in [0, 0.1) is 17.1 Å². The van der Waals surface area contributed by atoms with Gasteiger partial charge in [0.25, 0.3) is 0 Å². The fourth-order valence-electron chi connectivity index (χ4n) is 4.68. The predicted octanol–water partition coefficient (Wildman–Crippen LogP) is 4.44. The van der Waals surface area contributed by atoms with E-state index in [1.165, 1.54) is 12.1 Å². The lowest BCUT2D eigenvalue weighted by atomic mass is 9.67. The fourth-order valence-corrected chi connectivity index (χ4v) is 4.68. The van der Waals surface area contributed by atoms with Gasteiger partial charge in [-0.3, -0.25) is 4.79 Å². The molecule has 1 unspecified atom stereocenters. The molecule has 0 saturated heterocycles. The zero-order valence-corrected chi connectivity index (χ0v) is 17.6. The van der Waals surface area contributed by atoms with Crippen LogP contribution in [-0.2, 0) is 17.3 Å². The quantitative estimate of drug-likeness (QED) is 0.605. The molecule has 0 radical (unpaired) electrons. The number of fused-ring (bicyclic) bond motifs is 3. The number of carbonyl (C=O) groups excluding carboxylic acids is 1. The van der Waals surface area contributed by atoms with Crippen LogP contribution in [0.15, 0.2) is 42.1 Å². The van der Waals surface area contributed by atoms with Crippen molar-refractivity contribution < 1.29 is 13.9 Å². The Morgan fingerprint density at radius 1 is 1.30 bits per heavy atom. The summed E-state index contributed by atoms with van der Waals surface area (Å²) < 4.78 is 21.8. The van der Waals surface area contributed by atoms with Crippen molar-refractivity contribution in [3.63, 3.8) is 0 Å². The third-order valence-corrected chi connectivity index (χ3v) is 6.06. The van der Waals surface area contributed by atoms with Crippen molar-refractivity contribution in [1.82, 2.24) is 9.47 Å². The van der Waals surface area contributed by atoms with Crippen LogP contribution >= 0.6 is 0 Å². The molecule has 1 aliphatic rings. The minimum atomic E-state index is -0.874. The predicted molar refractivity (Wildman–Crippen MR) is 115 cm³/mol. The summed E-state index contributed by atoms with van der Waals surface area (Å²) in [6.07, 6.45) is 2.87. The number of Topliss-reactive ketones (excluding diaryl/α,β-unsaturated/α-hetero) is 1. The topological polar surface area (TPSA) is 58.3 Å². The first-order chi connectivity index (χ1) is 14.3. The van der Waals surface area contributed by atoms with Gasteiger partial charge in [0, 0.05) is 62.0 Å². The largest absolute Gasteiger partial charge is 0.495 e. The average Bonchev–Trinajstić information content (AvgIpc) is 3.01. The van der Waals surface area contributed by atoms with E-state index in [0.29, 0.717) is 30.6 Å². The number of nitrogens with zero attached hydrogens (tertiary/aromatic N) is 3. The standard InChI is InChI=1S/C24H24FN3O2/c1-27(2)13-15-12-24(14-26,10-9-20(15)29)18-6-8-21(30-4)23-22(18)17-11-16(25)5-7-19(17)28(23)3/h5-8,11,13H,9-10,12H2,1-4H3. The van der Waals surface area contributed by atoms with Gasteiger partial charge < -0.3 is 14.2 Å². The molecule has 4 rings (SSSR count). The highest BCUT2D eigenvalue weighted by Crippen LogP contribution is 2.47.